The molecule has 0 fully saturated rings. The molecule has 3 N–H and O–H groups in total. The van der Waals surface area contributed by atoms with E-state index in [0.29, 0.717) is 22.3 Å². The third kappa shape index (κ3) is 3.97. The minimum atomic E-state index is -0.475. The van der Waals surface area contributed by atoms with E-state index >= 15 is 0 Å². The first kappa shape index (κ1) is 17.6. The topological polar surface area (TPSA) is 85.8 Å². The maximum Gasteiger partial charge on any atom is 0.247 e. The van der Waals surface area contributed by atoms with Crippen molar-refractivity contribution < 1.29 is 4.79 Å². The standard InChI is InChI=1S/C15H20ClN5OS/c1-4-12(21-14(17)19-20-15(21)23-5-2)13(22)18-11-8-10(16)7-6-9(11)3/h6-8,12H,4-5H2,1-3H3,(H2,17,19)(H,18,22). The number of hydrogen-bond donors (Lipinski definition) is 2. The average molecular weight is 354 g/mol. The highest BCUT2D eigenvalue weighted by molar-refractivity contribution is 7.99. The number of amides is 1. The SMILES string of the molecule is CCSc1nnc(N)n1C(CC)C(=O)Nc1cc(Cl)ccc1C. The summed E-state index contributed by atoms with van der Waals surface area (Å²) in [5, 5.41) is 12.1. The van der Waals surface area contributed by atoms with E-state index in [9.17, 15) is 4.79 Å². The van der Waals surface area contributed by atoms with Gasteiger partial charge >= 0.3 is 0 Å². The van der Waals surface area contributed by atoms with Gasteiger partial charge in [0, 0.05) is 10.7 Å². The monoisotopic (exact) mass is 353 g/mol. The minimum absolute atomic E-state index is 0.165. The predicted octanol–water partition coefficient (Wildman–Crippen LogP) is 3.52. The van der Waals surface area contributed by atoms with Gasteiger partial charge in [-0.15, -0.1) is 10.2 Å². The molecule has 1 atom stereocenters. The van der Waals surface area contributed by atoms with E-state index in [1.807, 2.05) is 26.8 Å². The zero-order chi connectivity index (χ0) is 17.0. The Morgan fingerprint density at radius 3 is 2.83 bits per heavy atom. The second kappa shape index (κ2) is 7.70. The van der Waals surface area contributed by atoms with Crippen LogP contribution in [0.15, 0.2) is 23.4 Å². The number of nitrogen functional groups attached to an aromatic ring is 1. The highest BCUT2D eigenvalue weighted by atomic mass is 35.5. The summed E-state index contributed by atoms with van der Waals surface area (Å²) in [5.74, 6) is 0.900. The molecule has 2 aromatic rings. The van der Waals surface area contributed by atoms with Crippen LogP contribution in [0.4, 0.5) is 11.6 Å². The van der Waals surface area contributed by atoms with Crippen LogP contribution in [0.5, 0.6) is 0 Å². The predicted molar refractivity (Wildman–Crippen MR) is 95.0 cm³/mol. The van der Waals surface area contributed by atoms with Crippen LogP contribution >= 0.6 is 23.4 Å². The van der Waals surface area contributed by atoms with Gasteiger partial charge < -0.3 is 11.1 Å². The van der Waals surface area contributed by atoms with Crippen molar-refractivity contribution in [3.8, 4) is 0 Å². The van der Waals surface area contributed by atoms with E-state index in [1.54, 1.807) is 16.7 Å². The number of halogens is 1. The molecule has 1 unspecified atom stereocenters. The van der Waals surface area contributed by atoms with Crippen LogP contribution in [0.25, 0.3) is 0 Å². The Morgan fingerprint density at radius 1 is 1.43 bits per heavy atom. The lowest BCUT2D eigenvalue weighted by atomic mass is 10.1. The Balaban J connectivity index is 2.29. The molecule has 0 aliphatic rings. The van der Waals surface area contributed by atoms with Gasteiger partial charge in [-0.3, -0.25) is 9.36 Å². The maximum absolute atomic E-state index is 12.7. The normalized spacial score (nSPS) is 12.2. The number of rotatable bonds is 6. The van der Waals surface area contributed by atoms with Crippen molar-refractivity contribution in [2.24, 2.45) is 0 Å². The first-order valence-corrected chi connectivity index (χ1v) is 8.74. The van der Waals surface area contributed by atoms with Gasteiger partial charge in [0.05, 0.1) is 0 Å². The molecule has 0 bridgehead atoms. The van der Waals surface area contributed by atoms with E-state index in [-0.39, 0.29) is 11.9 Å². The van der Waals surface area contributed by atoms with Gasteiger partial charge in [0.25, 0.3) is 0 Å². The molecule has 6 nitrogen and oxygen atoms in total. The molecule has 124 valence electrons. The number of carbonyl (C=O) groups excluding carboxylic acids is 1. The number of thioether (sulfide) groups is 1. The van der Waals surface area contributed by atoms with Crippen LogP contribution < -0.4 is 11.1 Å². The second-order valence-electron chi connectivity index (χ2n) is 5.02. The Bertz CT molecular complexity index is 703. The summed E-state index contributed by atoms with van der Waals surface area (Å²) in [4.78, 5) is 12.7. The number of nitrogens with zero attached hydrogens (tertiary/aromatic N) is 3. The minimum Gasteiger partial charge on any atom is -0.368 e. The number of carbonyl (C=O) groups is 1. The molecule has 1 amide bonds. The van der Waals surface area contributed by atoms with E-state index in [1.165, 1.54) is 11.8 Å². The number of nitrogens with one attached hydrogen (secondary N) is 1. The number of anilines is 2. The van der Waals surface area contributed by atoms with Gasteiger partial charge in [-0.05, 0) is 36.8 Å². The van der Waals surface area contributed by atoms with Crippen molar-refractivity contribution in [3.63, 3.8) is 0 Å². The Hall–Kier alpha value is -1.73. The smallest absolute Gasteiger partial charge is 0.247 e. The first-order valence-electron chi connectivity index (χ1n) is 7.38. The van der Waals surface area contributed by atoms with E-state index < -0.39 is 6.04 Å². The summed E-state index contributed by atoms with van der Waals surface area (Å²) in [7, 11) is 0. The maximum atomic E-state index is 12.7. The van der Waals surface area contributed by atoms with Gasteiger partial charge in [-0.1, -0.05) is 43.3 Å². The van der Waals surface area contributed by atoms with Crippen LogP contribution in [0.2, 0.25) is 5.02 Å². The molecular weight excluding hydrogens is 334 g/mol. The first-order chi connectivity index (χ1) is 11.0. The molecule has 1 aromatic heterocycles. The third-order valence-electron chi connectivity index (χ3n) is 3.42. The zero-order valence-electron chi connectivity index (χ0n) is 13.3. The van der Waals surface area contributed by atoms with Crippen LogP contribution in [-0.2, 0) is 4.79 Å². The Labute approximate surface area is 144 Å². The number of aryl methyl sites for hydroxylation is 1. The Morgan fingerprint density at radius 2 is 2.17 bits per heavy atom. The lowest BCUT2D eigenvalue weighted by molar-refractivity contribution is -0.119. The van der Waals surface area contributed by atoms with E-state index in [2.05, 4.69) is 15.5 Å². The lowest BCUT2D eigenvalue weighted by Crippen LogP contribution is -2.27. The quantitative estimate of drug-likeness (QED) is 0.776. The molecule has 1 heterocycles. The summed E-state index contributed by atoms with van der Waals surface area (Å²) in [6, 6.07) is 4.92. The summed E-state index contributed by atoms with van der Waals surface area (Å²) in [6.45, 7) is 5.85. The summed E-state index contributed by atoms with van der Waals surface area (Å²) in [5.41, 5.74) is 7.54. The fraction of sp³-hybridized carbons (Fsp3) is 0.400. The molecule has 23 heavy (non-hydrogen) atoms. The Kier molecular flexibility index (Phi) is 5.90. The molecule has 0 aliphatic carbocycles. The number of nitrogens with two attached hydrogens (primary N) is 1. The molecule has 1 aromatic carbocycles. The molecule has 2 rings (SSSR count). The fourth-order valence-corrected chi connectivity index (χ4v) is 3.13. The van der Waals surface area contributed by atoms with Gasteiger partial charge in [0.1, 0.15) is 6.04 Å². The molecule has 0 saturated heterocycles. The van der Waals surface area contributed by atoms with Crippen molar-refractivity contribution in [3.05, 3.63) is 28.8 Å². The molecular formula is C15H20ClN5OS. The molecule has 0 saturated carbocycles. The summed E-state index contributed by atoms with van der Waals surface area (Å²) < 4.78 is 1.68. The molecule has 0 aliphatic heterocycles. The van der Waals surface area contributed by atoms with Crippen LogP contribution in [0.3, 0.4) is 0 Å². The fourth-order valence-electron chi connectivity index (χ4n) is 2.24. The van der Waals surface area contributed by atoms with Crippen LogP contribution in [0, 0.1) is 6.92 Å². The summed E-state index contributed by atoms with van der Waals surface area (Å²) >= 11 is 7.51. The van der Waals surface area contributed by atoms with Crippen molar-refractivity contribution >= 4 is 40.9 Å². The molecule has 8 heteroatoms. The van der Waals surface area contributed by atoms with Gasteiger partial charge in [0.15, 0.2) is 5.16 Å². The second-order valence-corrected chi connectivity index (χ2v) is 6.68. The van der Waals surface area contributed by atoms with Crippen molar-refractivity contribution in [2.45, 2.75) is 38.4 Å². The molecule has 0 radical (unpaired) electrons. The zero-order valence-corrected chi connectivity index (χ0v) is 14.9. The van der Waals surface area contributed by atoms with Crippen molar-refractivity contribution in [2.75, 3.05) is 16.8 Å². The van der Waals surface area contributed by atoms with Gasteiger partial charge in [-0.25, -0.2) is 0 Å². The number of benzene rings is 1. The highest BCUT2D eigenvalue weighted by Crippen LogP contribution is 2.27. The van der Waals surface area contributed by atoms with Gasteiger partial charge in [-0.2, -0.15) is 0 Å². The van der Waals surface area contributed by atoms with E-state index in [4.69, 9.17) is 17.3 Å². The highest BCUT2D eigenvalue weighted by Gasteiger charge is 2.25. The lowest BCUT2D eigenvalue weighted by Gasteiger charge is -2.19. The summed E-state index contributed by atoms with van der Waals surface area (Å²) in [6.07, 6.45) is 0.574. The third-order valence-corrected chi connectivity index (χ3v) is 4.48. The average Bonchev–Trinajstić information content (AvgIpc) is 2.86. The van der Waals surface area contributed by atoms with Gasteiger partial charge in [0.2, 0.25) is 11.9 Å². The number of hydrogen-bond acceptors (Lipinski definition) is 5. The van der Waals surface area contributed by atoms with Crippen LogP contribution in [-0.4, -0.2) is 26.4 Å². The number of aromatic nitrogens is 3. The van der Waals surface area contributed by atoms with E-state index in [0.717, 1.165) is 11.3 Å². The van der Waals surface area contributed by atoms with Crippen molar-refractivity contribution in [1.29, 1.82) is 0 Å². The molecule has 0 spiro atoms. The van der Waals surface area contributed by atoms with Crippen LogP contribution in [0.1, 0.15) is 31.9 Å². The largest absolute Gasteiger partial charge is 0.368 e. The van der Waals surface area contributed by atoms with Crippen molar-refractivity contribution in [1.82, 2.24) is 14.8 Å².